The van der Waals surface area contributed by atoms with Crippen LogP contribution in [0.2, 0.25) is 0 Å². The maximum absolute atomic E-state index is 12.2. The first-order chi connectivity index (χ1) is 13.9. The van der Waals surface area contributed by atoms with Crippen molar-refractivity contribution in [3.63, 3.8) is 0 Å². The minimum absolute atomic E-state index is 0.0644. The summed E-state index contributed by atoms with van der Waals surface area (Å²) in [7, 11) is 0. The molecule has 0 unspecified atom stereocenters. The topological polar surface area (TPSA) is 85.9 Å². The predicted octanol–water partition coefficient (Wildman–Crippen LogP) is 2.85. The van der Waals surface area contributed by atoms with E-state index in [9.17, 15) is 9.59 Å². The standard InChI is InChI=1S/C22H26N2O5/c1-14(2)29-18-7-4-16(5-8-18)22(26)23-13-21(25)24-15(3)17-6-9-19-20(12-17)28-11-10-27-19/h4-9,12,14-15H,10-11,13H2,1-3H3,(H,23,26)(H,24,25)/t15-/m0/s1. The van der Waals surface area contributed by atoms with Crippen molar-refractivity contribution in [2.45, 2.75) is 32.9 Å². The Balaban J connectivity index is 1.49. The number of rotatable bonds is 7. The van der Waals surface area contributed by atoms with Gasteiger partial charge in [-0.15, -0.1) is 0 Å². The van der Waals surface area contributed by atoms with E-state index in [1.165, 1.54) is 0 Å². The number of carbonyl (C=O) groups is 2. The minimum Gasteiger partial charge on any atom is -0.491 e. The van der Waals surface area contributed by atoms with Gasteiger partial charge >= 0.3 is 0 Å². The summed E-state index contributed by atoms with van der Waals surface area (Å²) in [6.07, 6.45) is 0.0644. The molecule has 2 aromatic carbocycles. The number of hydrogen-bond donors (Lipinski definition) is 2. The summed E-state index contributed by atoms with van der Waals surface area (Å²) in [6.45, 7) is 6.67. The third-order valence-corrected chi connectivity index (χ3v) is 4.34. The number of fused-ring (bicyclic) bond motifs is 1. The Labute approximate surface area is 170 Å². The second kappa shape index (κ2) is 9.32. The SMILES string of the molecule is CC(C)Oc1ccc(C(=O)NCC(=O)N[C@@H](C)c2ccc3c(c2)OCCO3)cc1. The Kier molecular flexibility index (Phi) is 6.59. The van der Waals surface area contributed by atoms with Crippen LogP contribution in [0.25, 0.3) is 0 Å². The first-order valence-electron chi connectivity index (χ1n) is 9.66. The van der Waals surface area contributed by atoms with Gasteiger partial charge in [0.2, 0.25) is 5.91 Å². The summed E-state index contributed by atoms with van der Waals surface area (Å²) >= 11 is 0. The molecule has 1 aliphatic heterocycles. The first kappa shape index (κ1) is 20.5. The van der Waals surface area contributed by atoms with E-state index in [4.69, 9.17) is 14.2 Å². The van der Waals surface area contributed by atoms with Crippen molar-refractivity contribution in [1.29, 1.82) is 0 Å². The highest BCUT2D eigenvalue weighted by atomic mass is 16.6. The van der Waals surface area contributed by atoms with Crippen LogP contribution in [0.1, 0.15) is 42.7 Å². The molecule has 1 aliphatic rings. The Morgan fingerprint density at radius 1 is 1.00 bits per heavy atom. The second-order valence-electron chi connectivity index (χ2n) is 7.07. The molecule has 7 heteroatoms. The molecular formula is C22H26N2O5. The molecule has 0 radical (unpaired) electrons. The fourth-order valence-corrected chi connectivity index (χ4v) is 2.92. The number of amides is 2. The van der Waals surface area contributed by atoms with Crippen LogP contribution in [-0.4, -0.2) is 37.7 Å². The molecule has 0 bridgehead atoms. The van der Waals surface area contributed by atoms with E-state index < -0.39 is 0 Å². The Hall–Kier alpha value is -3.22. The van der Waals surface area contributed by atoms with Gasteiger partial charge in [0, 0.05) is 5.56 Å². The van der Waals surface area contributed by atoms with Gasteiger partial charge < -0.3 is 24.8 Å². The van der Waals surface area contributed by atoms with Crippen molar-refractivity contribution in [3.8, 4) is 17.2 Å². The van der Waals surface area contributed by atoms with E-state index >= 15 is 0 Å². The molecule has 1 atom stereocenters. The quantitative estimate of drug-likeness (QED) is 0.749. The molecule has 3 rings (SSSR count). The van der Waals surface area contributed by atoms with Crippen molar-refractivity contribution >= 4 is 11.8 Å². The third kappa shape index (κ3) is 5.63. The molecule has 0 fully saturated rings. The fraction of sp³-hybridized carbons (Fsp3) is 0.364. The normalized spacial score (nSPS) is 13.5. The van der Waals surface area contributed by atoms with Gasteiger partial charge in [-0.2, -0.15) is 0 Å². The molecule has 7 nitrogen and oxygen atoms in total. The lowest BCUT2D eigenvalue weighted by Gasteiger charge is -2.21. The lowest BCUT2D eigenvalue weighted by Crippen LogP contribution is -2.38. The van der Waals surface area contributed by atoms with Crippen molar-refractivity contribution in [2.75, 3.05) is 19.8 Å². The van der Waals surface area contributed by atoms with E-state index in [1.54, 1.807) is 24.3 Å². The van der Waals surface area contributed by atoms with Crippen LogP contribution < -0.4 is 24.8 Å². The van der Waals surface area contributed by atoms with Crippen LogP contribution in [0.15, 0.2) is 42.5 Å². The van der Waals surface area contributed by atoms with Crippen LogP contribution in [0, 0.1) is 0 Å². The average Bonchev–Trinajstić information content (AvgIpc) is 2.71. The zero-order chi connectivity index (χ0) is 20.8. The summed E-state index contributed by atoms with van der Waals surface area (Å²) in [4.78, 5) is 24.5. The molecule has 0 saturated heterocycles. The molecule has 2 aromatic rings. The summed E-state index contributed by atoms with van der Waals surface area (Å²) in [6, 6.07) is 12.2. The van der Waals surface area contributed by atoms with Gasteiger partial charge in [0.15, 0.2) is 11.5 Å². The smallest absolute Gasteiger partial charge is 0.251 e. The van der Waals surface area contributed by atoms with Crippen LogP contribution in [0.5, 0.6) is 17.2 Å². The van der Waals surface area contributed by atoms with Gasteiger partial charge in [-0.3, -0.25) is 9.59 Å². The summed E-state index contributed by atoms with van der Waals surface area (Å²) in [5.41, 5.74) is 1.36. The fourth-order valence-electron chi connectivity index (χ4n) is 2.92. The van der Waals surface area contributed by atoms with Gasteiger partial charge in [0.25, 0.3) is 5.91 Å². The Bertz CT molecular complexity index is 864. The molecule has 154 valence electrons. The van der Waals surface area contributed by atoms with Gasteiger partial charge in [0.1, 0.15) is 19.0 Å². The largest absolute Gasteiger partial charge is 0.491 e. The van der Waals surface area contributed by atoms with Gasteiger partial charge in [-0.25, -0.2) is 0 Å². The molecular weight excluding hydrogens is 372 g/mol. The average molecular weight is 398 g/mol. The van der Waals surface area contributed by atoms with Crippen LogP contribution in [-0.2, 0) is 4.79 Å². The first-order valence-corrected chi connectivity index (χ1v) is 9.66. The monoisotopic (exact) mass is 398 g/mol. The minimum atomic E-state index is -0.316. The van der Waals surface area contributed by atoms with Crippen LogP contribution in [0.3, 0.4) is 0 Å². The van der Waals surface area contributed by atoms with Gasteiger partial charge in [-0.05, 0) is 62.7 Å². The Morgan fingerprint density at radius 3 is 2.38 bits per heavy atom. The molecule has 0 spiro atoms. The molecule has 0 aliphatic carbocycles. The zero-order valence-corrected chi connectivity index (χ0v) is 16.9. The molecule has 0 aromatic heterocycles. The van der Waals surface area contributed by atoms with Crippen LogP contribution in [0.4, 0.5) is 0 Å². The molecule has 0 saturated carbocycles. The van der Waals surface area contributed by atoms with E-state index in [-0.39, 0.29) is 30.5 Å². The number of benzene rings is 2. The number of ether oxygens (including phenoxy) is 3. The summed E-state index contributed by atoms with van der Waals surface area (Å²) < 4.78 is 16.6. The Morgan fingerprint density at radius 2 is 1.69 bits per heavy atom. The lowest BCUT2D eigenvalue weighted by molar-refractivity contribution is -0.120. The molecule has 29 heavy (non-hydrogen) atoms. The molecule has 2 amide bonds. The highest BCUT2D eigenvalue weighted by Crippen LogP contribution is 2.32. The van der Waals surface area contributed by atoms with Crippen molar-refractivity contribution in [1.82, 2.24) is 10.6 Å². The van der Waals surface area contributed by atoms with E-state index in [1.807, 2.05) is 39.0 Å². The zero-order valence-electron chi connectivity index (χ0n) is 16.9. The second-order valence-corrected chi connectivity index (χ2v) is 7.07. The van der Waals surface area contributed by atoms with Crippen LogP contribution >= 0.6 is 0 Å². The maximum atomic E-state index is 12.2. The maximum Gasteiger partial charge on any atom is 0.251 e. The highest BCUT2D eigenvalue weighted by Gasteiger charge is 2.16. The van der Waals surface area contributed by atoms with E-state index in [0.717, 1.165) is 5.56 Å². The van der Waals surface area contributed by atoms with Crippen molar-refractivity contribution < 1.29 is 23.8 Å². The van der Waals surface area contributed by atoms with Crippen molar-refractivity contribution in [3.05, 3.63) is 53.6 Å². The lowest BCUT2D eigenvalue weighted by atomic mass is 10.1. The summed E-state index contributed by atoms with van der Waals surface area (Å²) in [5.74, 6) is 1.48. The van der Waals surface area contributed by atoms with Gasteiger partial charge in [-0.1, -0.05) is 6.07 Å². The van der Waals surface area contributed by atoms with E-state index in [0.29, 0.717) is 36.0 Å². The molecule has 1 heterocycles. The summed E-state index contributed by atoms with van der Waals surface area (Å²) in [5, 5.41) is 5.50. The molecule has 2 N–H and O–H groups in total. The van der Waals surface area contributed by atoms with E-state index in [2.05, 4.69) is 10.6 Å². The van der Waals surface area contributed by atoms with Crippen molar-refractivity contribution in [2.24, 2.45) is 0 Å². The third-order valence-electron chi connectivity index (χ3n) is 4.34. The predicted molar refractivity (Wildman–Crippen MR) is 109 cm³/mol. The number of carbonyl (C=O) groups excluding carboxylic acids is 2. The van der Waals surface area contributed by atoms with Gasteiger partial charge in [0.05, 0.1) is 18.7 Å². The highest BCUT2D eigenvalue weighted by molar-refractivity contribution is 5.96. The number of nitrogens with one attached hydrogen (secondary N) is 2. The number of hydrogen-bond acceptors (Lipinski definition) is 5.